The quantitative estimate of drug-likeness (QED) is 0.843. The summed E-state index contributed by atoms with van der Waals surface area (Å²) in [5.74, 6) is 0.398. The molecule has 2 aliphatic rings. The average Bonchev–Trinajstić information content (AvgIpc) is 2.72. The summed E-state index contributed by atoms with van der Waals surface area (Å²) in [6.45, 7) is 5.39. The van der Waals surface area contributed by atoms with Gasteiger partial charge in [-0.05, 0) is 22.6 Å². The van der Waals surface area contributed by atoms with Crippen molar-refractivity contribution in [3.8, 4) is 0 Å². The van der Waals surface area contributed by atoms with E-state index in [2.05, 4.69) is 26.0 Å². The molecular weight excluding hydrogens is 366 g/mol. The number of fused-ring (bicyclic) bond motifs is 2. The van der Waals surface area contributed by atoms with Crippen molar-refractivity contribution in [3.05, 3.63) is 71.3 Å². The van der Waals surface area contributed by atoms with E-state index in [9.17, 15) is 9.90 Å². The van der Waals surface area contributed by atoms with Crippen molar-refractivity contribution in [2.75, 3.05) is 13.2 Å². The number of hydrogen-bond donors (Lipinski definition) is 1. The van der Waals surface area contributed by atoms with E-state index in [1.54, 1.807) is 4.90 Å². The Morgan fingerprint density at radius 2 is 1.83 bits per heavy atom. The Balaban J connectivity index is 1.50. The molecule has 2 heterocycles. The Morgan fingerprint density at radius 3 is 2.48 bits per heavy atom. The molecule has 5 nitrogen and oxygen atoms in total. The third kappa shape index (κ3) is 4.16. The van der Waals surface area contributed by atoms with Crippen LogP contribution in [0, 0.1) is 0 Å². The van der Waals surface area contributed by atoms with Gasteiger partial charge in [0.05, 0.1) is 30.9 Å². The van der Waals surface area contributed by atoms with Gasteiger partial charge in [0.1, 0.15) is 6.61 Å². The van der Waals surface area contributed by atoms with Crippen LogP contribution in [0.5, 0.6) is 0 Å². The Kier molecular flexibility index (Phi) is 5.61. The van der Waals surface area contributed by atoms with Gasteiger partial charge >= 0.3 is 6.09 Å². The van der Waals surface area contributed by atoms with Crippen LogP contribution in [0.1, 0.15) is 49.3 Å². The van der Waals surface area contributed by atoms with E-state index in [1.165, 1.54) is 5.56 Å². The van der Waals surface area contributed by atoms with Crippen molar-refractivity contribution in [2.24, 2.45) is 0 Å². The molecule has 0 aromatic heterocycles. The fourth-order valence-electron chi connectivity index (χ4n) is 4.49. The Bertz CT molecular complexity index is 837. The summed E-state index contributed by atoms with van der Waals surface area (Å²) in [5, 5.41) is 11.5. The number of rotatable bonds is 4. The molecule has 2 aliphatic heterocycles. The second-order valence-corrected chi connectivity index (χ2v) is 8.51. The molecule has 2 bridgehead atoms. The highest BCUT2D eigenvalue weighted by atomic mass is 16.6. The first-order valence-corrected chi connectivity index (χ1v) is 10.4. The third-order valence-corrected chi connectivity index (χ3v) is 6.06. The predicted molar refractivity (Wildman–Crippen MR) is 111 cm³/mol. The summed E-state index contributed by atoms with van der Waals surface area (Å²) in [5.41, 5.74) is 2.14. The van der Waals surface area contributed by atoms with Crippen molar-refractivity contribution < 1.29 is 19.4 Å². The van der Waals surface area contributed by atoms with Gasteiger partial charge in [-0.3, -0.25) is 4.90 Å². The zero-order valence-corrected chi connectivity index (χ0v) is 17.1. The molecule has 29 heavy (non-hydrogen) atoms. The van der Waals surface area contributed by atoms with Gasteiger partial charge in [0.25, 0.3) is 0 Å². The first-order chi connectivity index (χ1) is 14.0. The second-order valence-electron chi connectivity index (χ2n) is 8.51. The van der Waals surface area contributed by atoms with Crippen LogP contribution in [0.15, 0.2) is 54.6 Å². The minimum Gasteiger partial charge on any atom is -0.445 e. The summed E-state index contributed by atoms with van der Waals surface area (Å²) < 4.78 is 11.3. The smallest absolute Gasteiger partial charge is 0.410 e. The Hall–Kier alpha value is -2.37. The van der Waals surface area contributed by atoms with E-state index in [4.69, 9.17) is 9.47 Å². The molecule has 2 aromatic rings. The molecule has 2 aromatic carbocycles. The van der Waals surface area contributed by atoms with Crippen LogP contribution in [-0.4, -0.2) is 41.4 Å². The van der Waals surface area contributed by atoms with Crippen LogP contribution in [0.25, 0.3) is 0 Å². The summed E-state index contributed by atoms with van der Waals surface area (Å²) in [6, 6.07) is 17.5. The minimum atomic E-state index is -0.958. The van der Waals surface area contributed by atoms with E-state index >= 15 is 0 Å². The number of carbonyl (C=O) groups excluding carboxylic acids is 1. The lowest BCUT2D eigenvalue weighted by atomic mass is 9.76. The molecular formula is C24H29NO4. The normalized spacial score (nSPS) is 26.4. The molecule has 154 valence electrons. The van der Waals surface area contributed by atoms with Crippen molar-refractivity contribution in [1.29, 1.82) is 0 Å². The van der Waals surface area contributed by atoms with Gasteiger partial charge in [-0.25, -0.2) is 4.79 Å². The summed E-state index contributed by atoms with van der Waals surface area (Å²) in [7, 11) is 0. The fourth-order valence-corrected chi connectivity index (χ4v) is 4.49. The van der Waals surface area contributed by atoms with Crippen LogP contribution in [-0.2, 0) is 21.7 Å². The largest absolute Gasteiger partial charge is 0.445 e. The van der Waals surface area contributed by atoms with Crippen LogP contribution in [0.3, 0.4) is 0 Å². The van der Waals surface area contributed by atoms with E-state index in [0.717, 1.165) is 11.1 Å². The molecule has 5 heteroatoms. The maximum atomic E-state index is 12.8. The van der Waals surface area contributed by atoms with E-state index in [1.807, 2.05) is 42.5 Å². The highest BCUT2D eigenvalue weighted by Gasteiger charge is 2.49. The molecule has 2 unspecified atom stereocenters. The zero-order chi connectivity index (χ0) is 20.4. The van der Waals surface area contributed by atoms with E-state index < -0.39 is 5.60 Å². The third-order valence-electron chi connectivity index (χ3n) is 6.06. The lowest BCUT2D eigenvalue weighted by Crippen LogP contribution is -2.62. The molecule has 0 radical (unpaired) electrons. The van der Waals surface area contributed by atoms with Crippen LogP contribution < -0.4 is 0 Å². The Morgan fingerprint density at radius 1 is 1.14 bits per heavy atom. The van der Waals surface area contributed by atoms with Crippen molar-refractivity contribution in [1.82, 2.24) is 4.90 Å². The number of aliphatic hydroxyl groups is 1. The molecule has 1 amide bonds. The van der Waals surface area contributed by atoms with Crippen LogP contribution in [0.2, 0.25) is 0 Å². The van der Waals surface area contributed by atoms with Crippen LogP contribution in [0.4, 0.5) is 4.79 Å². The lowest BCUT2D eigenvalue weighted by Gasteiger charge is -2.51. The van der Waals surface area contributed by atoms with Gasteiger partial charge in [-0.15, -0.1) is 0 Å². The molecule has 0 spiro atoms. The van der Waals surface area contributed by atoms with Gasteiger partial charge in [-0.1, -0.05) is 68.4 Å². The highest BCUT2D eigenvalue weighted by molar-refractivity contribution is 5.69. The first-order valence-electron chi connectivity index (χ1n) is 10.4. The number of amides is 1. The van der Waals surface area contributed by atoms with Crippen molar-refractivity contribution >= 4 is 6.09 Å². The topological polar surface area (TPSA) is 59.0 Å². The maximum Gasteiger partial charge on any atom is 0.410 e. The van der Waals surface area contributed by atoms with Crippen LogP contribution >= 0.6 is 0 Å². The van der Waals surface area contributed by atoms with Crippen molar-refractivity contribution in [2.45, 2.75) is 56.9 Å². The number of hydrogen-bond acceptors (Lipinski definition) is 4. The number of benzene rings is 2. The predicted octanol–water partition coefficient (Wildman–Crippen LogP) is 4.20. The highest BCUT2D eigenvalue weighted by Crippen LogP contribution is 2.41. The summed E-state index contributed by atoms with van der Waals surface area (Å²) in [4.78, 5) is 14.6. The van der Waals surface area contributed by atoms with Crippen molar-refractivity contribution in [3.63, 3.8) is 0 Å². The summed E-state index contributed by atoms with van der Waals surface area (Å²) >= 11 is 0. The van der Waals surface area contributed by atoms with Gasteiger partial charge in [0.2, 0.25) is 0 Å². The standard InChI is InChI=1S/C24H29NO4/c1-17(2)19-9-6-10-20(11-19)24(27)12-21-15-28-16-22(13-24)25(21)23(26)29-14-18-7-4-3-5-8-18/h3-11,17,21-22,27H,12-16H2,1-2H3. The molecule has 0 aliphatic carbocycles. The lowest BCUT2D eigenvalue weighted by molar-refractivity contribution is -0.137. The molecule has 1 N–H and O–H groups in total. The number of ether oxygens (including phenoxy) is 2. The Labute approximate surface area is 172 Å². The molecule has 2 fully saturated rings. The average molecular weight is 395 g/mol. The zero-order valence-electron chi connectivity index (χ0n) is 17.1. The first kappa shape index (κ1) is 19.9. The number of morpholine rings is 1. The maximum absolute atomic E-state index is 12.8. The van der Waals surface area contributed by atoms with E-state index in [-0.39, 0.29) is 24.8 Å². The van der Waals surface area contributed by atoms with Gasteiger partial charge in [0.15, 0.2) is 0 Å². The number of nitrogens with zero attached hydrogens (tertiary/aromatic N) is 1. The molecule has 2 atom stereocenters. The number of carbonyl (C=O) groups is 1. The second kappa shape index (κ2) is 8.17. The monoisotopic (exact) mass is 395 g/mol. The minimum absolute atomic E-state index is 0.196. The summed E-state index contributed by atoms with van der Waals surface area (Å²) in [6.07, 6.45) is 0.571. The van der Waals surface area contributed by atoms with Gasteiger partial charge in [-0.2, -0.15) is 0 Å². The number of piperidine rings is 1. The fraction of sp³-hybridized carbons (Fsp3) is 0.458. The SMILES string of the molecule is CC(C)c1cccc(C2(O)CC3COCC(C2)N3C(=O)OCc2ccccc2)c1. The molecule has 0 saturated carbocycles. The van der Waals surface area contributed by atoms with Gasteiger partial charge in [0, 0.05) is 12.8 Å². The van der Waals surface area contributed by atoms with E-state index in [0.29, 0.717) is 32.0 Å². The molecule has 4 rings (SSSR count). The van der Waals surface area contributed by atoms with Gasteiger partial charge < -0.3 is 14.6 Å². The molecule has 2 saturated heterocycles.